The molecule has 0 aliphatic heterocycles. The Labute approximate surface area is 192 Å². The van der Waals surface area contributed by atoms with Gasteiger partial charge in [-0.1, -0.05) is 50.9 Å². The Kier molecular flexibility index (Phi) is 9.60. The van der Waals surface area contributed by atoms with Gasteiger partial charge < -0.3 is 19.6 Å². The van der Waals surface area contributed by atoms with Crippen molar-refractivity contribution in [1.29, 1.82) is 0 Å². The van der Waals surface area contributed by atoms with Gasteiger partial charge >= 0.3 is 12.1 Å². The summed E-state index contributed by atoms with van der Waals surface area (Å²) in [6.07, 6.45) is 1.52. The average molecular weight is 472 g/mol. The Hall–Kier alpha value is -1.57. The molecule has 0 saturated heterocycles. The van der Waals surface area contributed by atoms with E-state index in [9.17, 15) is 14.4 Å². The van der Waals surface area contributed by atoms with E-state index in [1.807, 2.05) is 39.9 Å². The number of amides is 1. The molecular formula is C23H38ClNO5Si. The zero-order valence-electron chi connectivity index (χ0n) is 20.1. The minimum Gasteiger partial charge on any atom is -0.464 e. The maximum atomic E-state index is 12.7. The van der Waals surface area contributed by atoms with E-state index in [1.165, 1.54) is 0 Å². The van der Waals surface area contributed by atoms with E-state index in [1.54, 1.807) is 32.9 Å². The highest BCUT2D eigenvalue weighted by Gasteiger charge is 2.38. The molecule has 1 aromatic carbocycles. The van der Waals surface area contributed by atoms with Crippen molar-refractivity contribution in [2.45, 2.75) is 90.6 Å². The van der Waals surface area contributed by atoms with Crippen molar-refractivity contribution < 1.29 is 23.9 Å². The molecule has 0 heterocycles. The number of benzene rings is 1. The van der Waals surface area contributed by atoms with Crippen LogP contribution in [0.5, 0.6) is 0 Å². The molecule has 1 aromatic rings. The third kappa shape index (κ3) is 8.83. The Balaban J connectivity index is 3.15. The first-order valence-corrected chi connectivity index (χ1v) is 14.1. The molecule has 0 bridgehead atoms. The first-order chi connectivity index (χ1) is 14.1. The number of hydrogen-bond acceptors (Lipinski definition) is 5. The molecule has 0 radical (unpaired) electrons. The molecule has 0 saturated carbocycles. The Bertz CT molecular complexity index is 768. The molecule has 1 atom stereocenters. The summed E-state index contributed by atoms with van der Waals surface area (Å²) in [7, 11) is -2.41. The minimum absolute atomic E-state index is 0.276. The van der Waals surface area contributed by atoms with Crippen LogP contribution in [0.4, 0.5) is 4.79 Å². The summed E-state index contributed by atoms with van der Waals surface area (Å²) in [6, 6.07) is 4.23. The summed E-state index contributed by atoms with van der Waals surface area (Å²) in [5.74, 6) is -0.563. The predicted octanol–water partition coefficient (Wildman–Crippen LogP) is 5.77. The van der Waals surface area contributed by atoms with E-state index in [2.05, 4.69) is 5.32 Å². The first kappa shape index (κ1) is 27.5. The third-order valence-electron chi connectivity index (χ3n) is 5.34. The first-order valence-electron chi connectivity index (χ1n) is 10.7. The summed E-state index contributed by atoms with van der Waals surface area (Å²) in [5, 5.41) is 2.80. The standard InChI is InChI=1S/C23H38ClNO5Si/c1-9-10-13-29-20(26)19(25-21(27)30-22(2,3)4)16-11-12-17(18(24)14-16)15-23(5,6)31(7,8)28/h11-12,14,19,28H,9-10,13,15H2,1-8H3,(H,25,27)/t19-/m0/s1. The number of halogens is 1. The monoisotopic (exact) mass is 471 g/mol. The van der Waals surface area contributed by atoms with Gasteiger partial charge in [0, 0.05) is 5.02 Å². The van der Waals surface area contributed by atoms with Crippen LogP contribution in [0.25, 0.3) is 0 Å². The van der Waals surface area contributed by atoms with Gasteiger partial charge in [0.15, 0.2) is 14.4 Å². The van der Waals surface area contributed by atoms with Gasteiger partial charge in [-0.05, 0) is 68.9 Å². The normalized spacial score (nSPS) is 13.5. The Morgan fingerprint density at radius 2 is 1.81 bits per heavy atom. The Morgan fingerprint density at radius 3 is 2.29 bits per heavy atom. The maximum absolute atomic E-state index is 12.7. The SMILES string of the molecule is CCCCOC(=O)[C@@H](NC(=O)OC(C)(C)C)c1ccc(CC(C)(C)[Si](C)(C)O)c(Cl)c1. The zero-order valence-corrected chi connectivity index (χ0v) is 21.9. The van der Waals surface area contributed by atoms with Gasteiger partial charge in [0.05, 0.1) is 6.61 Å². The summed E-state index contributed by atoms with van der Waals surface area (Å²) in [4.78, 5) is 35.6. The second-order valence-corrected chi connectivity index (χ2v) is 14.9. The van der Waals surface area contributed by atoms with Crippen molar-refractivity contribution in [3.63, 3.8) is 0 Å². The highest BCUT2D eigenvalue weighted by molar-refractivity contribution is 6.72. The number of unbranched alkanes of at least 4 members (excludes halogenated alkanes) is 1. The van der Waals surface area contributed by atoms with Crippen molar-refractivity contribution in [3.05, 3.63) is 34.3 Å². The lowest BCUT2D eigenvalue weighted by atomic mass is 9.98. The second kappa shape index (κ2) is 10.8. The van der Waals surface area contributed by atoms with Gasteiger partial charge in [-0.15, -0.1) is 0 Å². The molecule has 0 spiro atoms. The van der Waals surface area contributed by atoms with E-state index < -0.39 is 32.0 Å². The molecule has 2 N–H and O–H groups in total. The van der Waals surface area contributed by atoms with E-state index in [0.29, 0.717) is 17.0 Å². The van der Waals surface area contributed by atoms with Crippen molar-refractivity contribution in [2.75, 3.05) is 6.61 Å². The lowest BCUT2D eigenvalue weighted by Gasteiger charge is -2.35. The fourth-order valence-electron chi connectivity index (χ4n) is 2.68. The van der Waals surface area contributed by atoms with Crippen LogP contribution >= 0.6 is 11.6 Å². The molecule has 1 amide bonds. The summed E-state index contributed by atoms with van der Waals surface area (Å²) in [5.41, 5.74) is 0.689. The number of ether oxygens (including phenoxy) is 2. The molecule has 1 rings (SSSR count). The highest BCUT2D eigenvalue weighted by Crippen LogP contribution is 2.40. The number of alkyl carbamates (subject to hydrolysis) is 1. The van der Waals surface area contributed by atoms with Gasteiger partial charge in [0.25, 0.3) is 0 Å². The Morgan fingerprint density at radius 1 is 1.19 bits per heavy atom. The van der Waals surface area contributed by atoms with E-state index in [-0.39, 0.29) is 11.6 Å². The van der Waals surface area contributed by atoms with Crippen LogP contribution in [0.15, 0.2) is 18.2 Å². The van der Waals surface area contributed by atoms with Gasteiger partial charge in [0.2, 0.25) is 0 Å². The fraction of sp³-hybridized carbons (Fsp3) is 0.652. The molecule has 6 nitrogen and oxygen atoms in total. The minimum atomic E-state index is -2.41. The second-order valence-electron chi connectivity index (χ2n) is 10.1. The quantitative estimate of drug-likeness (QED) is 0.271. The summed E-state index contributed by atoms with van der Waals surface area (Å²) in [6.45, 7) is 15.4. The smallest absolute Gasteiger partial charge is 0.408 e. The molecular weight excluding hydrogens is 434 g/mol. The predicted molar refractivity (Wildman–Crippen MR) is 127 cm³/mol. The largest absolute Gasteiger partial charge is 0.464 e. The van der Waals surface area contributed by atoms with E-state index >= 15 is 0 Å². The molecule has 0 aliphatic rings. The van der Waals surface area contributed by atoms with E-state index in [0.717, 1.165) is 18.4 Å². The molecule has 0 unspecified atom stereocenters. The summed E-state index contributed by atoms with van der Waals surface area (Å²) >= 11 is 6.54. The molecule has 0 aromatic heterocycles. The van der Waals surface area contributed by atoms with Crippen molar-refractivity contribution in [1.82, 2.24) is 5.32 Å². The molecule has 8 heteroatoms. The van der Waals surface area contributed by atoms with Crippen LogP contribution < -0.4 is 5.32 Å². The fourth-order valence-corrected chi connectivity index (χ4v) is 3.56. The molecule has 176 valence electrons. The number of carbonyl (C=O) groups excluding carboxylic acids is 2. The van der Waals surface area contributed by atoms with Gasteiger partial charge in [0.1, 0.15) is 5.60 Å². The third-order valence-corrected chi connectivity index (χ3v) is 9.18. The van der Waals surface area contributed by atoms with Crippen LogP contribution in [0, 0.1) is 0 Å². The van der Waals surface area contributed by atoms with Crippen molar-refractivity contribution in [3.8, 4) is 0 Å². The van der Waals surface area contributed by atoms with Gasteiger partial charge in [-0.25, -0.2) is 9.59 Å². The van der Waals surface area contributed by atoms with Gasteiger partial charge in [-0.3, -0.25) is 0 Å². The van der Waals surface area contributed by atoms with Gasteiger partial charge in [-0.2, -0.15) is 0 Å². The average Bonchev–Trinajstić information content (AvgIpc) is 2.59. The van der Waals surface area contributed by atoms with Crippen LogP contribution in [0.3, 0.4) is 0 Å². The van der Waals surface area contributed by atoms with Crippen LogP contribution in [0.1, 0.15) is 71.6 Å². The molecule has 0 aliphatic carbocycles. The van der Waals surface area contributed by atoms with Crippen LogP contribution in [-0.4, -0.2) is 37.4 Å². The maximum Gasteiger partial charge on any atom is 0.408 e. The lowest BCUT2D eigenvalue weighted by Crippen LogP contribution is -2.40. The number of rotatable bonds is 9. The number of nitrogens with one attached hydrogen (secondary N) is 1. The molecule has 31 heavy (non-hydrogen) atoms. The zero-order chi connectivity index (χ0) is 24.0. The molecule has 0 fully saturated rings. The summed E-state index contributed by atoms with van der Waals surface area (Å²) < 4.78 is 10.7. The van der Waals surface area contributed by atoms with Crippen LogP contribution in [0.2, 0.25) is 23.2 Å². The number of esters is 1. The van der Waals surface area contributed by atoms with E-state index in [4.69, 9.17) is 21.1 Å². The van der Waals surface area contributed by atoms with Crippen molar-refractivity contribution >= 4 is 32.0 Å². The highest BCUT2D eigenvalue weighted by atomic mass is 35.5. The number of hydrogen-bond donors (Lipinski definition) is 2. The van der Waals surface area contributed by atoms with Crippen LogP contribution in [-0.2, 0) is 20.7 Å². The number of carbonyl (C=O) groups is 2. The topological polar surface area (TPSA) is 84.9 Å². The van der Waals surface area contributed by atoms with Crippen molar-refractivity contribution in [2.24, 2.45) is 0 Å². The lowest BCUT2D eigenvalue weighted by molar-refractivity contribution is -0.146.